The van der Waals surface area contributed by atoms with Gasteiger partial charge in [-0.2, -0.15) is 0 Å². The quantitative estimate of drug-likeness (QED) is 0.872. The third-order valence-electron chi connectivity index (χ3n) is 4.42. The van der Waals surface area contributed by atoms with Crippen molar-refractivity contribution in [2.24, 2.45) is 0 Å². The average molecular weight is 310 g/mol. The van der Waals surface area contributed by atoms with Crippen LogP contribution in [-0.4, -0.2) is 19.1 Å². The molecule has 3 rings (SSSR count). The summed E-state index contributed by atoms with van der Waals surface area (Å²) in [5, 5.41) is 0. The second-order valence-corrected chi connectivity index (χ2v) is 5.93. The van der Waals surface area contributed by atoms with Gasteiger partial charge in [-0.1, -0.05) is 12.8 Å². The predicted octanol–water partition coefficient (Wildman–Crippen LogP) is 3.87. The molecule has 0 aliphatic heterocycles. The van der Waals surface area contributed by atoms with Gasteiger partial charge >= 0.3 is 0 Å². The van der Waals surface area contributed by atoms with E-state index in [2.05, 4.69) is 0 Å². The minimum Gasteiger partial charge on any atom is -0.497 e. The van der Waals surface area contributed by atoms with Gasteiger partial charge < -0.3 is 15.4 Å². The van der Waals surface area contributed by atoms with Crippen LogP contribution in [0.2, 0.25) is 0 Å². The molecular formula is C19H22N2O2. The summed E-state index contributed by atoms with van der Waals surface area (Å²) in [6, 6.07) is 15.1. The molecule has 0 heterocycles. The zero-order valence-corrected chi connectivity index (χ0v) is 13.4. The number of anilines is 2. The Morgan fingerprint density at radius 3 is 2.22 bits per heavy atom. The highest BCUT2D eigenvalue weighted by atomic mass is 16.5. The zero-order valence-electron chi connectivity index (χ0n) is 13.4. The fourth-order valence-corrected chi connectivity index (χ4v) is 3.16. The molecule has 1 saturated carbocycles. The van der Waals surface area contributed by atoms with Gasteiger partial charge in [0.05, 0.1) is 7.11 Å². The molecule has 0 unspecified atom stereocenters. The van der Waals surface area contributed by atoms with Crippen molar-refractivity contribution < 1.29 is 9.53 Å². The number of nitrogens with zero attached hydrogens (tertiary/aromatic N) is 1. The molecule has 0 bridgehead atoms. The highest BCUT2D eigenvalue weighted by Gasteiger charge is 2.28. The number of rotatable bonds is 4. The summed E-state index contributed by atoms with van der Waals surface area (Å²) in [6.45, 7) is 0. The van der Waals surface area contributed by atoms with Gasteiger partial charge in [-0.3, -0.25) is 4.79 Å². The lowest BCUT2D eigenvalue weighted by molar-refractivity contribution is 0.0977. The van der Waals surface area contributed by atoms with E-state index in [0.29, 0.717) is 11.3 Å². The maximum Gasteiger partial charge on any atom is 0.258 e. The van der Waals surface area contributed by atoms with E-state index < -0.39 is 0 Å². The van der Waals surface area contributed by atoms with Crippen LogP contribution in [0.1, 0.15) is 36.0 Å². The second-order valence-electron chi connectivity index (χ2n) is 5.93. The Balaban J connectivity index is 1.93. The van der Waals surface area contributed by atoms with Gasteiger partial charge in [0.15, 0.2) is 0 Å². The Bertz CT molecular complexity index is 659. The highest BCUT2D eigenvalue weighted by Crippen LogP contribution is 2.31. The number of hydrogen-bond donors (Lipinski definition) is 1. The Morgan fingerprint density at radius 1 is 1.04 bits per heavy atom. The molecular weight excluding hydrogens is 288 g/mol. The summed E-state index contributed by atoms with van der Waals surface area (Å²) in [7, 11) is 1.64. The third-order valence-corrected chi connectivity index (χ3v) is 4.42. The molecule has 1 fully saturated rings. The maximum absolute atomic E-state index is 13.1. The molecule has 1 aliphatic carbocycles. The van der Waals surface area contributed by atoms with Crippen LogP contribution in [0.3, 0.4) is 0 Å². The normalized spacial score (nSPS) is 14.7. The van der Waals surface area contributed by atoms with Crippen LogP contribution in [0.4, 0.5) is 11.4 Å². The van der Waals surface area contributed by atoms with E-state index in [1.807, 2.05) is 29.2 Å². The fraction of sp³-hybridized carbons (Fsp3) is 0.316. The lowest BCUT2D eigenvalue weighted by atomic mass is 10.1. The third kappa shape index (κ3) is 3.31. The number of carbonyl (C=O) groups is 1. The Kier molecular flexibility index (Phi) is 4.51. The molecule has 2 aromatic carbocycles. The minimum absolute atomic E-state index is 0.0297. The van der Waals surface area contributed by atoms with Gasteiger partial charge in [-0.05, 0) is 61.4 Å². The van der Waals surface area contributed by atoms with Gasteiger partial charge in [0, 0.05) is 23.0 Å². The van der Waals surface area contributed by atoms with Crippen molar-refractivity contribution >= 4 is 17.3 Å². The summed E-state index contributed by atoms with van der Waals surface area (Å²) >= 11 is 0. The van der Waals surface area contributed by atoms with E-state index in [4.69, 9.17) is 10.5 Å². The second kappa shape index (κ2) is 6.73. The smallest absolute Gasteiger partial charge is 0.258 e. The lowest BCUT2D eigenvalue weighted by Crippen LogP contribution is -2.39. The van der Waals surface area contributed by atoms with Crippen molar-refractivity contribution in [3.8, 4) is 5.75 Å². The number of methoxy groups -OCH3 is 1. The van der Waals surface area contributed by atoms with E-state index in [1.54, 1.807) is 31.4 Å². The van der Waals surface area contributed by atoms with Gasteiger partial charge in [0.2, 0.25) is 0 Å². The molecule has 0 spiro atoms. The number of hydrogen-bond acceptors (Lipinski definition) is 3. The number of nitrogen functional groups attached to an aromatic ring is 1. The van der Waals surface area contributed by atoms with E-state index >= 15 is 0 Å². The van der Waals surface area contributed by atoms with E-state index in [0.717, 1.165) is 24.3 Å². The largest absolute Gasteiger partial charge is 0.497 e. The number of carbonyl (C=O) groups excluding carboxylic acids is 1. The Hall–Kier alpha value is -2.49. The summed E-state index contributed by atoms with van der Waals surface area (Å²) in [5.74, 6) is 0.821. The van der Waals surface area contributed by atoms with Crippen molar-refractivity contribution in [2.45, 2.75) is 31.7 Å². The number of amides is 1. The number of benzene rings is 2. The average Bonchev–Trinajstić information content (AvgIpc) is 3.10. The first kappa shape index (κ1) is 15.4. The van der Waals surface area contributed by atoms with Crippen molar-refractivity contribution in [3.05, 3.63) is 54.1 Å². The monoisotopic (exact) mass is 310 g/mol. The molecule has 0 radical (unpaired) electrons. The first-order chi connectivity index (χ1) is 11.2. The van der Waals surface area contributed by atoms with E-state index in [-0.39, 0.29) is 11.9 Å². The molecule has 2 aromatic rings. The van der Waals surface area contributed by atoms with Crippen LogP contribution in [0.15, 0.2) is 48.5 Å². The van der Waals surface area contributed by atoms with Crippen LogP contribution < -0.4 is 15.4 Å². The molecule has 23 heavy (non-hydrogen) atoms. The fourth-order valence-electron chi connectivity index (χ4n) is 3.16. The van der Waals surface area contributed by atoms with E-state index in [9.17, 15) is 4.79 Å². The lowest BCUT2D eigenvalue weighted by Gasteiger charge is -2.29. The molecule has 4 heteroatoms. The number of nitrogens with two attached hydrogens (primary N) is 1. The van der Waals surface area contributed by atoms with Crippen LogP contribution >= 0.6 is 0 Å². The van der Waals surface area contributed by atoms with Crippen LogP contribution in [0.5, 0.6) is 5.75 Å². The summed E-state index contributed by atoms with van der Waals surface area (Å²) in [5.41, 5.74) is 7.98. The van der Waals surface area contributed by atoms with Gasteiger partial charge in [0.1, 0.15) is 5.75 Å². The van der Waals surface area contributed by atoms with Crippen LogP contribution in [-0.2, 0) is 0 Å². The standard InChI is InChI=1S/C19H22N2O2/c1-23-18-12-10-17(11-13-18)21(16-4-2-3-5-16)19(22)14-6-8-15(20)9-7-14/h6-13,16H,2-5,20H2,1H3. The Morgan fingerprint density at radius 2 is 1.65 bits per heavy atom. The van der Waals surface area contributed by atoms with Crippen molar-refractivity contribution in [1.29, 1.82) is 0 Å². The first-order valence-corrected chi connectivity index (χ1v) is 8.02. The maximum atomic E-state index is 13.1. The summed E-state index contributed by atoms with van der Waals surface area (Å²) in [6.07, 6.45) is 4.44. The molecule has 0 aromatic heterocycles. The topological polar surface area (TPSA) is 55.6 Å². The predicted molar refractivity (Wildman–Crippen MR) is 92.9 cm³/mol. The van der Waals surface area contributed by atoms with Crippen molar-refractivity contribution in [2.75, 3.05) is 17.7 Å². The van der Waals surface area contributed by atoms with Crippen molar-refractivity contribution in [1.82, 2.24) is 0 Å². The van der Waals surface area contributed by atoms with Crippen molar-refractivity contribution in [3.63, 3.8) is 0 Å². The molecule has 0 atom stereocenters. The number of ether oxygens (including phenoxy) is 1. The Labute approximate surface area is 136 Å². The summed E-state index contributed by atoms with van der Waals surface area (Å²) < 4.78 is 5.22. The molecule has 1 aliphatic rings. The van der Waals surface area contributed by atoms with E-state index in [1.165, 1.54) is 12.8 Å². The first-order valence-electron chi connectivity index (χ1n) is 8.02. The molecule has 2 N–H and O–H groups in total. The molecule has 0 saturated heterocycles. The SMILES string of the molecule is COc1ccc(N(C(=O)c2ccc(N)cc2)C2CCCC2)cc1. The minimum atomic E-state index is 0.0297. The van der Waals surface area contributed by atoms with Gasteiger partial charge in [-0.15, -0.1) is 0 Å². The van der Waals surface area contributed by atoms with Crippen LogP contribution in [0, 0.1) is 0 Å². The zero-order chi connectivity index (χ0) is 16.2. The summed E-state index contributed by atoms with van der Waals surface area (Å²) in [4.78, 5) is 15.0. The molecule has 120 valence electrons. The molecule has 1 amide bonds. The van der Waals surface area contributed by atoms with Crippen LogP contribution in [0.25, 0.3) is 0 Å². The van der Waals surface area contributed by atoms with Gasteiger partial charge in [0.25, 0.3) is 5.91 Å². The van der Waals surface area contributed by atoms with Gasteiger partial charge in [-0.25, -0.2) is 0 Å². The molecule has 4 nitrogen and oxygen atoms in total. The highest BCUT2D eigenvalue weighted by molar-refractivity contribution is 6.06.